The van der Waals surface area contributed by atoms with E-state index in [4.69, 9.17) is 37.5 Å². The van der Waals surface area contributed by atoms with Gasteiger partial charge in [0, 0.05) is 31.8 Å². The lowest BCUT2D eigenvalue weighted by molar-refractivity contribution is -0.137. The fourth-order valence-corrected chi connectivity index (χ4v) is 6.86. The van der Waals surface area contributed by atoms with Crippen LogP contribution < -0.4 is 36.1 Å². The molecule has 0 saturated heterocycles. The number of hydrogen-bond acceptors (Lipinski definition) is 19. The highest BCUT2D eigenvalue weighted by molar-refractivity contribution is 6.02. The number of aliphatic imine (C=N–C) groups is 1. The molecular formula is C53H79N9O15. The molecule has 5 amide bonds. The van der Waals surface area contributed by atoms with Gasteiger partial charge in [0.2, 0.25) is 11.7 Å². The highest BCUT2D eigenvalue weighted by Gasteiger charge is 2.34. The number of aryl methyl sites for hydroxylation is 1. The molecule has 426 valence electrons. The molecule has 0 unspecified atom stereocenters. The molecule has 0 aliphatic rings. The molecule has 0 aliphatic heterocycles. The topological polar surface area (TPSA) is 312 Å². The van der Waals surface area contributed by atoms with Crippen molar-refractivity contribution >= 4 is 47.9 Å². The summed E-state index contributed by atoms with van der Waals surface area (Å²) in [6, 6.07) is 0.0926. The predicted octanol–water partition coefficient (Wildman–Crippen LogP) is 9.49. The quantitative estimate of drug-likeness (QED) is 0.0205. The molecule has 2 atom stereocenters. The molecule has 2 heterocycles. The number of hydrogen-bond donors (Lipinski definition) is 5. The molecule has 24 heteroatoms. The Morgan fingerprint density at radius 3 is 1.73 bits per heavy atom. The number of carbonyl (C=O) groups is 7. The SMILES string of the molecule is C=C(NCCC[C@H](NC(=O)OC(C)(C)C)C(=O)Oc1cc(OC(=O)[C@H](CCCCC(C)=NC(=O)OC(C)(C)C)NC(=O)OC(C)(C)C)c(C(C)C)cc1-c1onc(C(=O)NCC)c1-c1noc(C)n1)NC(=O)OC(C)(C)C. The van der Waals surface area contributed by atoms with Gasteiger partial charge in [-0.2, -0.15) is 9.98 Å². The van der Waals surface area contributed by atoms with Crippen molar-refractivity contribution in [3.8, 4) is 34.2 Å². The Hall–Kier alpha value is -7.53. The van der Waals surface area contributed by atoms with E-state index in [1.165, 1.54) is 19.1 Å². The number of amides is 5. The lowest BCUT2D eigenvalue weighted by atomic mass is 9.95. The van der Waals surface area contributed by atoms with Gasteiger partial charge in [-0.15, -0.1) is 0 Å². The zero-order chi connectivity index (χ0) is 58.2. The third-order valence-corrected chi connectivity index (χ3v) is 9.96. The van der Waals surface area contributed by atoms with Gasteiger partial charge in [-0.25, -0.2) is 28.8 Å². The van der Waals surface area contributed by atoms with E-state index < -0.39 is 82.6 Å². The molecular weight excluding hydrogens is 1000 g/mol. The highest BCUT2D eigenvalue weighted by atomic mass is 16.6. The van der Waals surface area contributed by atoms with Gasteiger partial charge in [0.05, 0.1) is 5.56 Å². The summed E-state index contributed by atoms with van der Waals surface area (Å²) in [4.78, 5) is 102. The Balaban J connectivity index is 2.19. The van der Waals surface area contributed by atoms with Crippen molar-refractivity contribution in [2.24, 2.45) is 4.99 Å². The Labute approximate surface area is 450 Å². The minimum absolute atomic E-state index is 0.0106. The van der Waals surface area contributed by atoms with Gasteiger partial charge >= 0.3 is 36.3 Å². The smallest absolute Gasteiger partial charge is 0.434 e. The van der Waals surface area contributed by atoms with Crippen molar-refractivity contribution in [1.82, 2.24) is 41.9 Å². The zero-order valence-electron chi connectivity index (χ0n) is 47.7. The van der Waals surface area contributed by atoms with Crippen LogP contribution in [0.1, 0.15) is 177 Å². The second-order valence-electron chi connectivity index (χ2n) is 22.3. The van der Waals surface area contributed by atoms with Crippen LogP contribution in [0.5, 0.6) is 11.5 Å². The minimum Gasteiger partial charge on any atom is -0.444 e. The average Bonchev–Trinajstić information content (AvgIpc) is 3.89. The first-order chi connectivity index (χ1) is 35.5. The maximum atomic E-state index is 14.6. The van der Waals surface area contributed by atoms with Crippen molar-refractivity contribution in [3.05, 3.63) is 41.7 Å². The van der Waals surface area contributed by atoms with E-state index in [0.29, 0.717) is 30.5 Å². The lowest BCUT2D eigenvalue weighted by Gasteiger charge is -2.24. The number of nitrogens with zero attached hydrogens (tertiary/aromatic N) is 4. The van der Waals surface area contributed by atoms with E-state index in [2.05, 4.69) is 53.5 Å². The van der Waals surface area contributed by atoms with Crippen molar-refractivity contribution in [2.45, 2.75) is 197 Å². The number of unbranched alkanes of at least 4 members (excludes halogenated alkanes) is 1. The summed E-state index contributed by atoms with van der Waals surface area (Å²) in [7, 11) is 0. The number of carbonyl (C=O) groups excluding carboxylic acids is 7. The number of ether oxygens (including phenoxy) is 6. The number of rotatable bonds is 22. The Kier molecular flexibility index (Phi) is 22.8. The van der Waals surface area contributed by atoms with Crippen molar-refractivity contribution in [2.75, 3.05) is 13.1 Å². The van der Waals surface area contributed by atoms with Crippen molar-refractivity contribution < 1.29 is 71.0 Å². The van der Waals surface area contributed by atoms with Gasteiger partial charge < -0.3 is 58.7 Å². The molecule has 5 N–H and O–H groups in total. The monoisotopic (exact) mass is 1080 g/mol. The zero-order valence-corrected chi connectivity index (χ0v) is 47.7. The van der Waals surface area contributed by atoms with E-state index in [1.807, 2.05) is 0 Å². The van der Waals surface area contributed by atoms with Crippen molar-refractivity contribution in [3.63, 3.8) is 0 Å². The number of benzene rings is 1. The maximum absolute atomic E-state index is 14.6. The van der Waals surface area contributed by atoms with Crippen LogP contribution in [0.3, 0.4) is 0 Å². The fourth-order valence-electron chi connectivity index (χ4n) is 6.86. The van der Waals surface area contributed by atoms with Crippen LogP contribution in [-0.4, -0.2) is 111 Å². The molecule has 77 heavy (non-hydrogen) atoms. The molecule has 0 saturated carbocycles. The largest absolute Gasteiger partial charge is 0.444 e. The summed E-state index contributed by atoms with van der Waals surface area (Å²) in [5, 5.41) is 21.4. The van der Waals surface area contributed by atoms with Gasteiger partial charge in [-0.3, -0.25) is 10.1 Å². The molecule has 0 spiro atoms. The summed E-state index contributed by atoms with van der Waals surface area (Å²) in [5.41, 5.74) is -2.78. The second-order valence-corrected chi connectivity index (χ2v) is 22.3. The molecule has 0 radical (unpaired) electrons. The van der Waals surface area contributed by atoms with Gasteiger partial charge in [0.15, 0.2) is 11.5 Å². The first-order valence-electron chi connectivity index (χ1n) is 25.4. The Bertz CT molecular complexity index is 2610. The van der Waals surface area contributed by atoms with Crippen LogP contribution in [0.15, 0.2) is 38.6 Å². The van der Waals surface area contributed by atoms with Crippen LogP contribution in [0.2, 0.25) is 0 Å². The average molecular weight is 1080 g/mol. The fraction of sp³-hybridized carbons (Fsp3) is 0.604. The summed E-state index contributed by atoms with van der Waals surface area (Å²) in [6.07, 6.45) is -1.95. The van der Waals surface area contributed by atoms with Crippen LogP contribution in [0.4, 0.5) is 19.2 Å². The summed E-state index contributed by atoms with van der Waals surface area (Å²) >= 11 is 0. The maximum Gasteiger partial charge on any atom is 0.434 e. The van der Waals surface area contributed by atoms with Gasteiger partial charge in [-0.05, 0) is 147 Å². The van der Waals surface area contributed by atoms with E-state index in [0.717, 1.165) is 0 Å². The van der Waals surface area contributed by atoms with E-state index in [1.54, 1.807) is 111 Å². The Morgan fingerprint density at radius 2 is 1.22 bits per heavy atom. The van der Waals surface area contributed by atoms with Crippen LogP contribution in [0, 0.1) is 6.92 Å². The van der Waals surface area contributed by atoms with Crippen LogP contribution >= 0.6 is 0 Å². The molecule has 3 aromatic rings. The Morgan fingerprint density at radius 1 is 0.688 bits per heavy atom. The summed E-state index contributed by atoms with van der Waals surface area (Å²) in [5.74, 6) is -3.42. The minimum atomic E-state index is -1.40. The third kappa shape index (κ3) is 22.7. The second kappa shape index (κ2) is 27.5. The lowest BCUT2D eigenvalue weighted by Crippen LogP contribution is -2.45. The highest BCUT2D eigenvalue weighted by Crippen LogP contribution is 2.44. The molecule has 24 nitrogen and oxygen atoms in total. The summed E-state index contributed by atoms with van der Waals surface area (Å²) in [6.45, 7) is 32.9. The van der Waals surface area contributed by atoms with E-state index >= 15 is 0 Å². The third-order valence-electron chi connectivity index (χ3n) is 9.96. The molecule has 0 fully saturated rings. The first kappa shape index (κ1) is 63.8. The van der Waals surface area contributed by atoms with Crippen LogP contribution in [0.25, 0.3) is 22.7 Å². The first-order valence-corrected chi connectivity index (χ1v) is 25.4. The van der Waals surface area contributed by atoms with Crippen LogP contribution in [-0.2, 0) is 28.5 Å². The molecule has 0 bridgehead atoms. The number of alkyl carbamates (subject to hydrolysis) is 3. The van der Waals surface area contributed by atoms with E-state index in [9.17, 15) is 33.6 Å². The number of aromatic nitrogens is 3. The predicted molar refractivity (Wildman–Crippen MR) is 283 cm³/mol. The molecule has 1 aromatic carbocycles. The van der Waals surface area contributed by atoms with Crippen molar-refractivity contribution in [1.29, 1.82) is 0 Å². The number of esters is 2. The molecule has 2 aromatic heterocycles. The van der Waals surface area contributed by atoms with Gasteiger partial charge in [-0.1, -0.05) is 37.2 Å². The van der Waals surface area contributed by atoms with Gasteiger partial charge in [0.1, 0.15) is 57.4 Å². The van der Waals surface area contributed by atoms with E-state index in [-0.39, 0.29) is 84.0 Å². The normalized spacial score (nSPS) is 12.9. The summed E-state index contributed by atoms with van der Waals surface area (Å²) < 4.78 is 45.1. The number of nitrogens with one attached hydrogen (secondary N) is 5. The standard InChI is InChI=1S/C53H79N9O15/c1-19-54-43(63)40-39(42-58-32(6)76-62-42)41(77-61-40)34-27-33(29(2)3)37(70-44(64)35(59-48(68)74-52(13,14)15)24-21-20-23-30(4)56-46(66)72-50(7,8)9)28-38(34)71-45(65)36(60-49(69)75-53(16,17)18)25-22-26-55-31(5)57-47(67)73-51(10,11)12/h27-29,35-36,55H,5,19-26H2,1-4,6-18H3,(H,54,63)(H,57,67)(H,59,68)(H,60,69)/t35-,36-/m0/s1. The van der Waals surface area contributed by atoms with Gasteiger partial charge in [0.25, 0.3) is 5.91 Å². The molecule has 0 aliphatic carbocycles. The molecule has 3 rings (SSSR count).